The Morgan fingerprint density at radius 1 is 1.56 bits per heavy atom. The highest BCUT2D eigenvalue weighted by atomic mass is 16.1. The topological polar surface area (TPSA) is 94.0 Å². The third-order valence-electron chi connectivity index (χ3n) is 2.34. The van der Waals surface area contributed by atoms with Gasteiger partial charge in [0.15, 0.2) is 0 Å². The summed E-state index contributed by atoms with van der Waals surface area (Å²) in [4.78, 5) is 14.8. The first-order valence-corrected chi connectivity index (χ1v) is 5.14. The van der Waals surface area contributed by atoms with Crippen LogP contribution in [-0.2, 0) is 0 Å². The molecule has 0 spiro atoms. The molecule has 0 fully saturated rings. The van der Waals surface area contributed by atoms with Crippen LogP contribution in [0, 0.1) is 5.41 Å². The van der Waals surface area contributed by atoms with E-state index in [1.165, 1.54) is 0 Å². The highest BCUT2D eigenvalue weighted by Crippen LogP contribution is 2.15. The molecular formula is C11H18N4O. The van der Waals surface area contributed by atoms with Gasteiger partial charge in [-0.05, 0) is 24.1 Å². The molecule has 0 saturated carbocycles. The van der Waals surface area contributed by atoms with E-state index in [4.69, 9.17) is 11.5 Å². The Labute approximate surface area is 95.2 Å². The highest BCUT2D eigenvalue weighted by Gasteiger charge is 2.15. The maximum atomic E-state index is 10.9. The monoisotopic (exact) mass is 222 g/mol. The van der Waals surface area contributed by atoms with Gasteiger partial charge < -0.3 is 16.8 Å². The van der Waals surface area contributed by atoms with Crippen LogP contribution in [0.5, 0.6) is 0 Å². The minimum atomic E-state index is -0.526. The fourth-order valence-corrected chi connectivity index (χ4v) is 1.09. The largest absolute Gasteiger partial charge is 0.384 e. The van der Waals surface area contributed by atoms with Crippen LogP contribution < -0.4 is 16.8 Å². The van der Waals surface area contributed by atoms with Crippen molar-refractivity contribution in [3.8, 4) is 0 Å². The van der Waals surface area contributed by atoms with Gasteiger partial charge in [0.25, 0.3) is 5.91 Å². The van der Waals surface area contributed by atoms with Crippen molar-refractivity contribution in [2.24, 2.45) is 16.9 Å². The first-order valence-electron chi connectivity index (χ1n) is 5.14. The number of aromatic nitrogens is 1. The summed E-state index contributed by atoms with van der Waals surface area (Å²) in [5.41, 5.74) is 11.9. The third-order valence-corrected chi connectivity index (χ3v) is 2.34. The van der Waals surface area contributed by atoms with Gasteiger partial charge in [-0.3, -0.25) is 9.78 Å². The Hall–Kier alpha value is -1.62. The average Bonchev–Trinajstić information content (AvgIpc) is 2.27. The van der Waals surface area contributed by atoms with Gasteiger partial charge in [0.05, 0.1) is 0 Å². The van der Waals surface area contributed by atoms with Crippen LogP contribution in [0.15, 0.2) is 18.3 Å². The van der Waals surface area contributed by atoms with Crippen LogP contribution in [0.2, 0.25) is 0 Å². The molecule has 1 aromatic heterocycles. The number of anilines is 1. The van der Waals surface area contributed by atoms with E-state index in [0.29, 0.717) is 6.54 Å². The van der Waals surface area contributed by atoms with E-state index in [0.717, 1.165) is 12.2 Å². The quantitative estimate of drug-likeness (QED) is 0.679. The fraction of sp³-hybridized carbons (Fsp3) is 0.455. The normalized spacial score (nSPS) is 11.2. The number of hydrogen-bond acceptors (Lipinski definition) is 4. The zero-order chi connectivity index (χ0) is 12.2. The van der Waals surface area contributed by atoms with Crippen molar-refractivity contribution in [2.45, 2.75) is 13.8 Å². The molecule has 88 valence electrons. The molecule has 0 bridgehead atoms. The first kappa shape index (κ1) is 12.4. The molecule has 0 aliphatic carbocycles. The number of primary amides is 1. The maximum absolute atomic E-state index is 10.9. The lowest BCUT2D eigenvalue weighted by atomic mass is 9.94. The molecule has 0 unspecified atom stereocenters. The molecule has 0 atom stereocenters. The Morgan fingerprint density at radius 3 is 2.81 bits per heavy atom. The highest BCUT2D eigenvalue weighted by molar-refractivity contribution is 5.91. The predicted molar refractivity (Wildman–Crippen MR) is 64.1 cm³/mol. The number of amides is 1. The van der Waals surface area contributed by atoms with Gasteiger partial charge in [0, 0.05) is 18.4 Å². The molecule has 16 heavy (non-hydrogen) atoms. The summed E-state index contributed by atoms with van der Waals surface area (Å²) in [6, 6.07) is 3.42. The molecule has 1 heterocycles. The molecule has 5 heteroatoms. The zero-order valence-electron chi connectivity index (χ0n) is 9.66. The van der Waals surface area contributed by atoms with Crippen molar-refractivity contribution < 1.29 is 4.79 Å². The van der Waals surface area contributed by atoms with Crippen molar-refractivity contribution >= 4 is 11.6 Å². The van der Waals surface area contributed by atoms with Crippen LogP contribution >= 0.6 is 0 Å². The third kappa shape index (κ3) is 3.51. The van der Waals surface area contributed by atoms with Gasteiger partial charge >= 0.3 is 0 Å². The SMILES string of the molecule is CC(C)(CN)CNc1ccnc(C(N)=O)c1. The van der Waals surface area contributed by atoms with Crippen LogP contribution in [0.25, 0.3) is 0 Å². The van der Waals surface area contributed by atoms with Gasteiger partial charge in [-0.2, -0.15) is 0 Å². The summed E-state index contributed by atoms with van der Waals surface area (Å²) in [6.07, 6.45) is 1.55. The van der Waals surface area contributed by atoms with E-state index in [-0.39, 0.29) is 11.1 Å². The first-order chi connectivity index (χ1) is 7.44. The van der Waals surface area contributed by atoms with Crippen molar-refractivity contribution in [1.82, 2.24) is 4.98 Å². The summed E-state index contributed by atoms with van der Waals surface area (Å²) in [5, 5.41) is 3.20. The summed E-state index contributed by atoms with van der Waals surface area (Å²) in [7, 11) is 0. The van der Waals surface area contributed by atoms with Crippen molar-refractivity contribution in [1.29, 1.82) is 0 Å². The number of nitrogens with two attached hydrogens (primary N) is 2. The second-order valence-corrected chi connectivity index (χ2v) is 4.52. The minimum Gasteiger partial charge on any atom is -0.384 e. The van der Waals surface area contributed by atoms with Gasteiger partial charge in [-0.1, -0.05) is 13.8 Å². The molecule has 0 aliphatic heterocycles. The lowest BCUT2D eigenvalue weighted by molar-refractivity contribution is 0.0995. The van der Waals surface area contributed by atoms with Gasteiger partial charge in [0.1, 0.15) is 5.69 Å². The Kier molecular flexibility index (Phi) is 3.84. The Balaban J connectivity index is 2.68. The Morgan fingerprint density at radius 2 is 2.25 bits per heavy atom. The summed E-state index contributed by atoms with van der Waals surface area (Å²) in [6.45, 7) is 5.45. The van der Waals surface area contributed by atoms with Gasteiger partial charge in [-0.25, -0.2) is 0 Å². The number of nitrogens with zero attached hydrogens (tertiary/aromatic N) is 1. The van der Waals surface area contributed by atoms with Gasteiger partial charge in [0.2, 0.25) is 0 Å². The number of carbonyl (C=O) groups is 1. The minimum absolute atomic E-state index is 0.0101. The molecule has 5 nitrogen and oxygen atoms in total. The van der Waals surface area contributed by atoms with Crippen LogP contribution in [0.1, 0.15) is 24.3 Å². The van der Waals surface area contributed by atoms with Crippen molar-refractivity contribution in [3.05, 3.63) is 24.0 Å². The second kappa shape index (κ2) is 4.94. The maximum Gasteiger partial charge on any atom is 0.267 e. The van der Waals surface area contributed by atoms with E-state index in [9.17, 15) is 4.79 Å². The molecule has 0 saturated heterocycles. The molecule has 5 N–H and O–H groups in total. The number of hydrogen-bond donors (Lipinski definition) is 3. The lowest BCUT2D eigenvalue weighted by Gasteiger charge is -2.23. The average molecular weight is 222 g/mol. The van der Waals surface area contributed by atoms with Crippen LogP contribution in [0.3, 0.4) is 0 Å². The number of rotatable bonds is 5. The molecule has 0 aliphatic rings. The number of pyridine rings is 1. The van der Waals surface area contributed by atoms with Crippen LogP contribution in [0.4, 0.5) is 5.69 Å². The summed E-state index contributed by atoms with van der Waals surface area (Å²) < 4.78 is 0. The van der Waals surface area contributed by atoms with E-state index in [1.807, 2.05) is 0 Å². The molecular weight excluding hydrogens is 204 g/mol. The molecule has 1 rings (SSSR count). The number of carbonyl (C=O) groups excluding carboxylic acids is 1. The van der Waals surface area contributed by atoms with E-state index >= 15 is 0 Å². The second-order valence-electron chi connectivity index (χ2n) is 4.52. The molecule has 0 aromatic carbocycles. The van der Waals surface area contributed by atoms with Crippen molar-refractivity contribution in [3.63, 3.8) is 0 Å². The van der Waals surface area contributed by atoms with Crippen LogP contribution in [-0.4, -0.2) is 24.0 Å². The molecule has 0 radical (unpaired) electrons. The number of nitrogens with one attached hydrogen (secondary N) is 1. The molecule has 1 amide bonds. The summed E-state index contributed by atoms with van der Waals surface area (Å²) in [5.74, 6) is -0.526. The molecule has 1 aromatic rings. The van der Waals surface area contributed by atoms with Crippen molar-refractivity contribution in [2.75, 3.05) is 18.4 Å². The lowest BCUT2D eigenvalue weighted by Crippen LogP contribution is -2.31. The van der Waals surface area contributed by atoms with Gasteiger partial charge in [-0.15, -0.1) is 0 Å². The fourth-order valence-electron chi connectivity index (χ4n) is 1.09. The van der Waals surface area contributed by atoms with E-state index in [1.54, 1.807) is 18.3 Å². The standard InChI is InChI=1S/C11H18N4O/c1-11(2,6-12)7-15-8-3-4-14-9(5-8)10(13)16/h3-5H,6-7,12H2,1-2H3,(H2,13,16)(H,14,15). The Bertz CT molecular complexity index is 376. The van der Waals surface area contributed by atoms with E-state index in [2.05, 4.69) is 24.1 Å². The smallest absolute Gasteiger partial charge is 0.267 e. The zero-order valence-corrected chi connectivity index (χ0v) is 9.66. The van der Waals surface area contributed by atoms with E-state index < -0.39 is 5.91 Å². The predicted octanol–water partition coefficient (Wildman–Crippen LogP) is 0.577. The summed E-state index contributed by atoms with van der Waals surface area (Å²) >= 11 is 0.